The van der Waals surface area contributed by atoms with Crippen molar-refractivity contribution in [3.8, 4) is 0 Å². The lowest BCUT2D eigenvalue weighted by Crippen LogP contribution is -2.09. The van der Waals surface area contributed by atoms with E-state index in [1.807, 2.05) is 6.07 Å². The summed E-state index contributed by atoms with van der Waals surface area (Å²) >= 11 is 1.37. The fourth-order valence-electron chi connectivity index (χ4n) is 3.44. The van der Waals surface area contributed by atoms with E-state index >= 15 is 0 Å². The van der Waals surface area contributed by atoms with Crippen molar-refractivity contribution in [3.63, 3.8) is 0 Å². The molecule has 0 saturated heterocycles. The largest absolute Gasteiger partial charge is 0.477 e. The first-order valence-electron chi connectivity index (χ1n) is 7.90. The van der Waals surface area contributed by atoms with Gasteiger partial charge in [-0.1, -0.05) is 26.7 Å². The number of aromatic carboxylic acids is 1. The minimum absolute atomic E-state index is 0.364. The number of carboxylic acids is 1. The monoisotopic (exact) mass is 306 g/mol. The number of aromatic nitrogens is 2. The Morgan fingerprint density at radius 3 is 2.67 bits per heavy atom. The third kappa shape index (κ3) is 2.48. The Hall–Kier alpha value is -1.36. The van der Waals surface area contributed by atoms with E-state index in [0.29, 0.717) is 16.8 Å². The van der Waals surface area contributed by atoms with Crippen LogP contribution in [0.15, 0.2) is 6.07 Å². The fraction of sp³-hybridized carbons (Fsp3) is 0.625. The molecule has 1 aliphatic carbocycles. The van der Waals surface area contributed by atoms with Gasteiger partial charge in [0.05, 0.1) is 11.7 Å². The molecule has 0 amide bonds. The number of carboxylic acid groups (broad SMARTS) is 1. The first kappa shape index (κ1) is 14.6. The Labute approximate surface area is 128 Å². The van der Waals surface area contributed by atoms with Crippen LogP contribution in [-0.2, 0) is 0 Å². The van der Waals surface area contributed by atoms with Gasteiger partial charge in [0, 0.05) is 11.3 Å². The molecule has 0 unspecified atom stereocenters. The summed E-state index contributed by atoms with van der Waals surface area (Å²) in [4.78, 5) is 12.8. The molecule has 1 N–H and O–H groups in total. The van der Waals surface area contributed by atoms with E-state index in [9.17, 15) is 9.90 Å². The zero-order chi connectivity index (χ0) is 15.0. The van der Waals surface area contributed by atoms with Crippen LogP contribution in [0, 0.1) is 0 Å². The summed E-state index contributed by atoms with van der Waals surface area (Å²) in [5.74, 6) is -0.316. The maximum Gasteiger partial charge on any atom is 0.345 e. The number of carbonyl (C=O) groups is 1. The van der Waals surface area contributed by atoms with Crippen LogP contribution in [0.1, 0.15) is 79.7 Å². The number of nitrogens with zero attached hydrogens (tertiary/aromatic N) is 2. The minimum atomic E-state index is -0.829. The number of rotatable bonds is 5. The third-order valence-corrected chi connectivity index (χ3v) is 5.77. The van der Waals surface area contributed by atoms with Crippen LogP contribution in [0.4, 0.5) is 0 Å². The Kier molecular flexibility index (Phi) is 4.02. The Balaban J connectivity index is 2.15. The molecule has 114 valence electrons. The molecule has 3 rings (SSSR count). The van der Waals surface area contributed by atoms with Crippen LogP contribution >= 0.6 is 11.3 Å². The molecule has 2 aromatic rings. The Bertz CT molecular complexity index is 614. The maximum atomic E-state index is 11.3. The molecule has 0 aromatic carbocycles. The average Bonchev–Trinajstić information content (AvgIpc) is 3.15. The smallest absolute Gasteiger partial charge is 0.345 e. The predicted molar refractivity (Wildman–Crippen MR) is 85.4 cm³/mol. The Morgan fingerprint density at radius 1 is 1.43 bits per heavy atom. The van der Waals surface area contributed by atoms with E-state index < -0.39 is 5.97 Å². The summed E-state index contributed by atoms with van der Waals surface area (Å²) in [7, 11) is 0. The quantitative estimate of drug-likeness (QED) is 0.862. The molecular weight excluding hydrogens is 284 g/mol. The molecule has 0 bridgehead atoms. The number of fused-ring (bicyclic) bond motifs is 1. The minimum Gasteiger partial charge on any atom is -0.477 e. The van der Waals surface area contributed by atoms with E-state index in [4.69, 9.17) is 5.10 Å². The number of hydrogen-bond acceptors (Lipinski definition) is 3. The molecule has 2 aromatic heterocycles. The van der Waals surface area contributed by atoms with Gasteiger partial charge in [-0.3, -0.25) is 4.68 Å². The van der Waals surface area contributed by atoms with Crippen LogP contribution in [-0.4, -0.2) is 20.9 Å². The van der Waals surface area contributed by atoms with Crippen molar-refractivity contribution in [2.75, 3.05) is 0 Å². The zero-order valence-corrected chi connectivity index (χ0v) is 13.4. The Morgan fingerprint density at radius 2 is 2.10 bits per heavy atom. The predicted octanol–water partition coefficient (Wildman–Crippen LogP) is 4.81. The second-order valence-corrected chi connectivity index (χ2v) is 6.95. The molecule has 0 radical (unpaired) electrons. The average molecular weight is 306 g/mol. The van der Waals surface area contributed by atoms with Gasteiger partial charge in [-0.05, 0) is 31.7 Å². The summed E-state index contributed by atoms with van der Waals surface area (Å²) < 4.78 is 2.10. The van der Waals surface area contributed by atoms with Gasteiger partial charge in [0.15, 0.2) is 0 Å². The molecule has 0 aliphatic heterocycles. The van der Waals surface area contributed by atoms with Crippen molar-refractivity contribution < 1.29 is 9.90 Å². The van der Waals surface area contributed by atoms with Gasteiger partial charge in [-0.2, -0.15) is 5.10 Å². The topological polar surface area (TPSA) is 55.1 Å². The maximum absolute atomic E-state index is 11.3. The van der Waals surface area contributed by atoms with Crippen LogP contribution in [0.2, 0.25) is 0 Å². The van der Waals surface area contributed by atoms with Crippen molar-refractivity contribution in [2.45, 2.75) is 64.3 Å². The highest BCUT2D eigenvalue weighted by molar-refractivity contribution is 7.20. The molecule has 2 heterocycles. The van der Waals surface area contributed by atoms with E-state index in [2.05, 4.69) is 18.5 Å². The highest BCUT2D eigenvalue weighted by Crippen LogP contribution is 2.40. The molecule has 1 saturated carbocycles. The third-order valence-electron chi connectivity index (χ3n) is 4.65. The summed E-state index contributed by atoms with van der Waals surface area (Å²) in [6.07, 6.45) is 6.95. The van der Waals surface area contributed by atoms with Crippen molar-refractivity contribution in [2.24, 2.45) is 0 Å². The van der Waals surface area contributed by atoms with Crippen LogP contribution in [0.25, 0.3) is 10.2 Å². The van der Waals surface area contributed by atoms with Gasteiger partial charge >= 0.3 is 5.97 Å². The molecule has 4 nitrogen and oxygen atoms in total. The van der Waals surface area contributed by atoms with Crippen molar-refractivity contribution in [3.05, 3.63) is 16.6 Å². The zero-order valence-electron chi connectivity index (χ0n) is 12.6. The lowest BCUT2D eigenvalue weighted by Gasteiger charge is -2.14. The number of hydrogen-bond donors (Lipinski definition) is 1. The summed E-state index contributed by atoms with van der Waals surface area (Å²) in [5, 5.41) is 15.3. The molecule has 0 spiro atoms. The highest BCUT2D eigenvalue weighted by Gasteiger charge is 2.27. The van der Waals surface area contributed by atoms with E-state index in [1.165, 1.54) is 37.0 Å². The van der Waals surface area contributed by atoms with Gasteiger partial charge in [0.1, 0.15) is 9.71 Å². The number of thiophene rings is 1. The highest BCUT2D eigenvalue weighted by atomic mass is 32.1. The second kappa shape index (κ2) is 5.79. The molecule has 5 heteroatoms. The summed E-state index contributed by atoms with van der Waals surface area (Å²) in [6, 6.07) is 2.20. The van der Waals surface area contributed by atoms with Gasteiger partial charge < -0.3 is 5.11 Å². The summed E-state index contributed by atoms with van der Waals surface area (Å²) in [5.41, 5.74) is 1.14. The first-order chi connectivity index (χ1) is 10.2. The van der Waals surface area contributed by atoms with Gasteiger partial charge in [0.25, 0.3) is 0 Å². The van der Waals surface area contributed by atoms with Crippen molar-refractivity contribution in [1.29, 1.82) is 0 Å². The van der Waals surface area contributed by atoms with E-state index in [0.717, 1.165) is 28.8 Å². The lowest BCUT2D eigenvalue weighted by atomic mass is 10.0. The van der Waals surface area contributed by atoms with Crippen LogP contribution in [0.5, 0.6) is 0 Å². The van der Waals surface area contributed by atoms with Gasteiger partial charge in [0.2, 0.25) is 0 Å². The lowest BCUT2D eigenvalue weighted by molar-refractivity contribution is 0.0702. The normalized spacial score (nSPS) is 16.3. The molecule has 1 fully saturated rings. The SMILES string of the molecule is CCC(CC)n1nc(C2CCCC2)c2cc(C(=O)O)sc21. The molecule has 0 atom stereocenters. The van der Waals surface area contributed by atoms with Gasteiger partial charge in [-0.25, -0.2) is 4.79 Å². The molecule has 21 heavy (non-hydrogen) atoms. The van der Waals surface area contributed by atoms with Crippen molar-refractivity contribution in [1.82, 2.24) is 9.78 Å². The second-order valence-electron chi connectivity index (χ2n) is 5.92. The van der Waals surface area contributed by atoms with Crippen molar-refractivity contribution >= 4 is 27.5 Å². The fourth-order valence-corrected chi connectivity index (χ4v) is 4.47. The summed E-state index contributed by atoms with van der Waals surface area (Å²) in [6.45, 7) is 4.34. The standard InChI is InChI=1S/C16H22N2O2S/c1-3-11(4-2)18-15-12(9-13(21-15)16(19)20)14(17-18)10-7-5-6-8-10/h9-11H,3-8H2,1-2H3,(H,19,20). The van der Waals surface area contributed by atoms with Crippen LogP contribution < -0.4 is 0 Å². The molecule has 1 aliphatic rings. The van der Waals surface area contributed by atoms with Crippen LogP contribution in [0.3, 0.4) is 0 Å². The van der Waals surface area contributed by atoms with E-state index in [1.54, 1.807) is 0 Å². The first-order valence-corrected chi connectivity index (χ1v) is 8.72. The molecular formula is C16H22N2O2S. The van der Waals surface area contributed by atoms with Gasteiger partial charge in [-0.15, -0.1) is 11.3 Å². The van der Waals surface area contributed by atoms with E-state index in [-0.39, 0.29) is 0 Å².